The van der Waals surface area contributed by atoms with Crippen LogP contribution in [0, 0.1) is 17.1 Å². The van der Waals surface area contributed by atoms with Crippen LogP contribution in [0.4, 0.5) is 15.8 Å². The molecule has 1 fully saturated rings. The molecular weight excluding hydrogens is 587 g/mol. The summed E-state index contributed by atoms with van der Waals surface area (Å²) in [5.74, 6) is -0.319. The fourth-order valence-electron chi connectivity index (χ4n) is 5.99. The Balaban J connectivity index is 1.32. The number of pyridine rings is 1. The Morgan fingerprint density at radius 2 is 1.80 bits per heavy atom. The minimum atomic E-state index is -0.319. The van der Waals surface area contributed by atoms with Crippen LogP contribution in [0.15, 0.2) is 79.1 Å². The zero-order chi connectivity index (χ0) is 31.6. The van der Waals surface area contributed by atoms with E-state index in [2.05, 4.69) is 69.8 Å². The lowest BCUT2D eigenvalue weighted by atomic mass is 9.98. The predicted octanol–water partition coefficient (Wildman–Crippen LogP) is 7.74. The second-order valence-corrected chi connectivity index (χ2v) is 12.9. The summed E-state index contributed by atoms with van der Waals surface area (Å²) in [5.41, 5.74) is 4.60. The molecule has 2 aromatic heterocycles. The van der Waals surface area contributed by atoms with Gasteiger partial charge in [0.05, 0.1) is 40.1 Å². The summed E-state index contributed by atoms with van der Waals surface area (Å²) in [4.78, 5) is 6.99. The van der Waals surface area contributed by atoms with Gasteiger partial charge in [0, 0.05) is 48.0 Å². The van der Waals surface area contributed by atoms with Gasteiger partial charge in [0.1, 0.15) is 17.6 Å². The van der Waals surface area contributed by atoms with E-state index < -0.39 is 0 Å². The number of nitrogens with one attached hydrogen (secondary N) is 2. The van der Waals surface area contributed by atoms with E-state index in [4.69, 9.17) is 11.6 Å². The molecule has 6 rings (SSSR count). The smallest absolute Gasteiger partial charge is 0.128 e. The van der Waals surface area contributed by atoms with E-state index in [9.17, 15) is 9.65 Å². The Bertz CT molecular complexity index is 1830. The molecule has 45 heavy (non-hydrogen) atoms. The second kappa shape index (κ2) is 12.8. The summed E-state index contributed by atoms with van der Waals surface area (Å²) < 4.78 is 16.4. The lowest BCUT2D eigenvalue weighted by Crippen LogP contribution is -2.46. The van der Waals surface area contributed by atoms with Crippen LogP contribution in [0.25, 0.3) is 10.9 Å². The highest BCUT2D eigenvalue weighted by Gasteiger charge is 2.29. The fraction of sp³-hybridized carbons (Fsp3) is 0.314. The highest BCUT2D eigenvalue weighted by atomic mass is 35.5. The van der Waals surface area contributed by atoms with Gasteiger partial charge >= 0.3 is 0 Å². The molecule has 1 atom stereocenters. The molecule has 0 spiro atoms. The Morgan fingerprint density at radius 3 is 2.51 bits per heavy atom. The molecule has 3 aromatic carbocycles. The fourth-order valence-corrected chi connectivity index (χ4v) is 6.25. The predicted molar refractivity (Wildman–Crippen MR) is 177 cm³/mol. The first kappa shape index (κ1) is 30.5. The van der Waals surface area contributed by atoms with Crippen LogP contribution in [0.1, 0.15) is 68.1 Å². The van der Waals surface area contributed by atoms with Gasteiger partial charge in [-0.3, -0.25) is 9.88 Å². The van der Waals surface area contributed by atoms with Crippen molar-refractivity contribution < 1.29 is 4.39 Å². The molecule has 1 aliphatic rings. The van der Waals surface area contributed by atoms with Crippen molar-refractivity contribution in [2.45, 2.75) is 57.8 Å². The number of hydrogen-bond donors (Lipinski definition) is 2. The maximum atomic E-state index is 14.4. The minimum absolute atomic E-state index is 0.151. The Morgan fingerprint density at radius 1 is 1.07 bits per heavy atom. The molecule has 8 nitrogen and oxygen atoms in total. The van der Waals surface area contributed by atoms with Crippen LogP contribution in [-0.4, -0.2) is 43.5 Å². The number of piperidine rings is 1. The van der Waals surface area contributed by atoms with Crippen molar-refractivity contribution in [3.05, 3.63) is 112 Å². The van der Waals surface area contributed by atoms with E-state index >= 15 is 0 Å². The molecule has 0 aliphatic carbocycles. The summed E-state index contributed by atoms with van der Waals surface area (Å²) >= 11 is 6.79. The van der Waals surface area contributed by atoms with Gasteiger partial charge in [0.25, 0.3) is 0 Å². The maximum absolute atomic E-state index is 14.4. The highest BCUT2D eigenvalue weighted by molar-refractivity contribution is 6.35. The van der Waals surface area contributed by atoms with E-state index in [1.807, 2.05) is 41.2 Å². The average molecular weight is 623 g/mol. The van der Waals surface area contributed by atoms with Crippen LogP contribution in [0.2, 0.25) is 5.02 Å². The Labute approximate surface area is 267 Å². The van der Waals surface area contributed by atoms with Gasteiger partial charge in [-0.1, -0.05) is 65.3 Å². The van der Waals surface area contributed by atoms with Crippen LogP contribution in [-0.2, 0) is 6.54 Å². The molecule has 0 amide bonds. The van der Waals surface area contributed by atoms with E-state index in [-0.39, 0.29) is 30.0 Å². The molecule has 5 aromatic rings. The van der Waals surface area contributed by atoms with Gasteiger partial charge < -0.3 is 10.6 Å². The number of aromatic nitrogens is 4. The van der Waals surface area contributed by atoms with Crippen molar-refractivity contribution in [2.75, 3.05) is 23.7 Å². The van der Waals surface area contributed by atoms with Crippen molar-refractivity contribution in [1.29, 1.82) is 5.26 Å². The summed E-state index contributed by atoms with van der Waals surface area (Å²) in [5, 5.41) is 27.1. The number of anilines is 2. The normalized spacial score (nSPS) is 15.1. The first-order chi connectivity index (χ1) is 21.7. The SMILES string of the molecule is CC(C)(C)N1CCC(n2cc([C@@H](Nc3cc(Cl)c4ncc(C#N)c(NCc5ccccc5F)c4c3)c3ccccc3)nn2)CC1. The quantitative estimate of drug-likeness (QED) is 0.183. The van der Waals surface area contributed by atoms with Gasteiger partial charge in [-0.2, -0.15) is 5.26 Å². The topological polar surface area (TPSA) is 94.7 Å². The molecule has 3 heterocycles. The first-order valence-electron chi connectivity index (χ1n) is 15.2. The molecule has 0 bridgehead atoms. The zero-order valence-electron chi connectivity index (χ0n) is 25.6. The number of rotatable bonds is 8. The number of benzene rings is 3. The van der Waals surface area contributed by atoms with Crippen LogP contribution in [0.5, 0.6) is 0 Å². The van der Waals surface area contributed by atoms with E-state index in [0.29, 0.717) is 32.7 Å². The highest BCUT2D eigenvalue weighted by Crippen LogP contribution is 2.36. The van der Waals surface area contributed by atoms with E-state index in [0.717, 1.165) is 42.9 Å². The summed E-state index contributed by atoms with van der Waals surface area (Å²) in [7, 11) is 0. The van der Waals surface area contributed by atoms with Crippen LogP contribution in [0.3, 0.4) is 0 Å². The first-order valence-corrected chi connectivity index (χ1v) is 15.6. The average Bonchev–Trinajstić information content (AvgIpc) is 3.53. The van der Waals surface area contributed by atoms with Crippen LogP contribution < -0.4 is 10.6 Å². The monoisotopic (exact) mass is 622 g/mol. The molecule has 10 heteroatoms. The maximum Gasteiger partial charge on any atom is 0.128 e. The van der Waals surface area contributed by atoms with E-state index in [1.165, 1.54) is 12.3 Å². The summed E-state index contributed by atoms with van der Waals surface area (Å²) in [6.45, 7) is 9.01. The third-order valence-corrected chi connectivity index (χ3v) is 8.80. The molecule has 0 saturated carbocycles. The number of nitriles is 1. The largest absolute Gasteiger partial charge is 0.379 e. The number of nitrogens with zero attached hydrogens (tertiary/aromatic N) is 6. The van der Waals surface area contributed by atoms with Crippen molar-refractivity contribution in [3.8, 4) is 6.07 Å². The van der Waals surface area contributed by atoms with Crippen molar-refractivity contribution in [3.63, 3.8) is 0 Å². The lowest BCUT2D eigenvalue weighted by Gasteiger charge is -2.40. The minimum Gasteiger partial charge on any atom is -0.379 e. The molecule has 1 aliphatic heterocycles. The third kappa shape index (κ3) is 6.63. The van der Waals surface area contributed by atoms with Gasteiger partial charge in [-0.15, -0.1) is 5.10 Å². The summed E-state index contributed by atoms with van der Waals surface area (Å²) in [6, 6.07) is 22.6. The van der Waals surface area contributed by atoms with E-state index in [1.54, 1.807) is 18.2 Å². The lowest BCUT2D eigenvalue weighted by molar-refractivity contribution is 0.0866. The molecule has 1 saturated heterocycles. The van der Waals surface area contributed by atoms with Crippen molar-refractivity contribution in [2.24, 2.45) is 0 Å². The molecule has 0 unspecified atom stereocenters. The Kier molecular flexibility index (Phi) is 8.70. The zero-order valence-corrected chi connectivity index (χ0v) is 26.4. The number of halogens is 2. The van der Waals surface area contributed by atoms with Gasteiger partial charge in [-0.05, 0) is 57.4 Å². The number of likely N-dealkylation sites (tertiary alicyclic amines) is 1. The number of hydrogen-bond acceptors (Lipinski definition) is 7. The van der Waals surface area contributed by atoms with Gasteiger partial charge in [0.15, 0.2) is 0 Å². The molecule has 2 N–H and O–H groups in total. The third-order valence-electron chi connectivity index (χ3n) is 8.51. The molecule has 230 valence electrons. The van der Waals surface area contributed by atoms with Crippen molar-refractivity contribution >= 4 is 33.9 Å². The molecular formula is C35H36ClFN8. The van der Waals surface area contributed by atoms with Gasteiger partial charge in [0.2, 0.25) is 0 Å². The summed E-state index contributed by atoms with van der Waals surface area (Å²) in [6.07, 6.45) is 5.56. The van der Waals surface area contributed by atoms with Gasteiger partial charge in [-0.25, -0.2) is 9.07 Å². The number of fused-ring (bicyclic) bond motifs is 1. The molecule has 0 radical (unpaired) electrons. The van der Waals surface area contributed by atoms with Crippen LogP contribution >= 0.6 is 11.6 Å². The Hall–Kier alpha value is -4.52. The van der Waals surface area contributed by atoms with Crippen molar-refractivity contribution in [1.82, 2.24) is 24.9 Å². The second-order valence-electron chi connectivity index (χ2n) is 12.5. The standard InChI is InChI=1S/C35H36ClFN8/c1-35(2,3)44-15-13-27(14-16-44)45-22-31(42-43-45)33(23-9-5-4-6-10-23)41-26-17-28-32(39-20-24-11-7-8-12-30(24)37)25(19-38)21-40-34(28)29(36)18-26/h4-12,17-18,21-22,27,33,41H,13-16,20H2,1-3H3,(H,39,40)/t33-/m0/s1.